The lowest BCUT2D eigenvalue weighted by molar-refractivity contribution is -0.147. The van der Waals surface area contributed by atoms with E-state index < -0.39 is 0 Å². The minimum absolute atomic E-state index is 0.0158. The molecule has 0 aromatic heterocycles. The van der Waals surface area contributed by atoms with Gasteiger partial charge in [0.25, 0.3) is 0 Å². The fourth-order valence-corrected chi connectivity index (χ4v) is 1.07. The number of hydrogen-bond acceptors (Lipinski definition) is 3. The second-order valence-electron chi connectivity index (χ2n) is 4.00. The summed E-state index contributed by atoms with van der Waals surface area (Å²) in [5.41, 5.74) is 0. The molecule has 90 valence electrons. The Balaban J connectivity index is 3.08. The molecule has 0 N–H and O–H groups in total. The summed E-state index contributed by atoms with van der Waals surface area (Å²) < 4.78 is 10.4. The second-order valence-corrected chi connectivity index (χ2v) is 4.00. The van der Waals surface area contributed by atoms with E-state index in [0.717, 1.165) is 38.9 Å². The fraction of sp³-hybridized carbons (Fsp3) is 0.917. The molecule has 0 radical (unpaired) electrons. The van der Waals surface area contributed by atoms with Crippen LogP contribution in [0.3, 0.4) is 0 Å². The lowest BCUT2D eigenvalue weighted by atomic mass is 10.2. The number of rotatable bonds is 9. The minimum atomic E-state index is -0.0998. The van der Waals surface area contributed by atoms with Crippen LogP contribution in [0.25, 0.3) is 0 Å². The Morgan fingerprint density at radius 3 is 2.33 bits per heavy atom. The van der Waals surface area contributed by atoms with E-state index in [-0.39, 0.29) is 11.9 Å². The van der Waals surface area contributed by atoms with Gasteiger partial charge in [-0.25, -0.2) is 0 Å². The molecular formula is C12H24O3. The molecule has 0 aromatic carbocycles. The van der Waals surface area contributed by atoms with Crippen molar-refractivity contribution in [3.63, 3.8) is 0 Å². The molecule has 0 aromatic rings. The molecule has 0 fully saturated rings. The summed E-state index contributed by atoms with van der Waals surface area (Å²) in [6, 6.07) is 0. The summed E-state index contributed by atoms with van der Waals surface area (Å²) in [7, 11) is 0. The highest BCUT2D eigenvalue weighted by Crippen LogP contribution is 2.00. The van der Waals surface area contributed by atoms with E-state index in [1.165, 1.54) is 0 Å². The summed E-state index contributed by atoms with van der Waals surface area (Å²) in [6.45, 7) is 8.02. The number of hydrogen-bond donors (Lipinski definition) is 0. The predicted molar refractivity (Wildman–Crippen MR) is 60.8 cm³/mol. The molecular weight excluding hydrogens is 192 g/mol. The molecule has 0 aliphatic heterocycles. The van der Waals surface area contributed by atoms with Gasteiger partial charge in [-0.3, -0.25) is 4.79 Å². The van der Waals surface area contributed by atoms with Crippen molar-refractivity contribution in [1.82, 2.24) is 0 Å². The lowest BCUT2D eigenvalue weighted by Crippen LogP contribution is -2.12. The molecule has 0 heterocycles. The van der Waals surface area contributed by atoms with Gasteiger partial charge in [0.15, 0.2) is 0 Å². The van der Waals surface area contributed by atoms with Gasteiger partial charge in [-0.1, -0.05) is 20.8 Å². The Bertz CT molecular complexity index is 155. The zero-order valence-electron chi connectivity index (χ0n) is 10.3. The number of ether oxygens (including phenoxy) is 2. The average Bonchev–Trinajstić information content (AvgIpc) is 2.21. The normalized spacial score (nSPS) is 10.7. The fourth-order valence-electron chi connectivity index (χ4n) is 1.07. The molecule has 0 rings (SSSR count). The first kappa shape index (κ1) is 14.4. The Morgan fingerprint density at radius 2 is 1.73 bits per heavy atom. The molecule has 0 bridgehead atoms. The van der Waals surface area contributed by atoms with Gasteiger partial charge in [-0.15, -0.1) is 0 Å². The van der Waals surface area contributed by atoms with Crippen LogP contribution >= 0.6 is 0 Å². The number of carbonyl (C=O) groups is 1. The zero-order valence-corrected chi connectivity index (χ0v) is 10.3. The van der Waals surface area contributed by atoms with Crippen LogP contribution < -0.4 is 0 Å². The standard InChI is InChI=1S/C12H24O3/c1-4-8-14-9-6-5-7-10-15-12(13)11(2)3/h11H,4-10H2,1-3H3. The van der Waals surface area contributed by atoms with Crippen LogP contribution in [0.5, 0.6) is 0 Å². The maximum atomic E-state index is 11.1. The largest absolute Gasteiger partial charge is 0.465 e. The lowest BCUT2D eigenvalue weighted by Gasteiger charge is -2.06. The summed E-state index contributed by atoms with van der Waals surface area (Å²) in [4.78, 5) is 11.1. The smallest absolute Gasteiger partial charge is 0.308 e. The van der Waals surface area contributed by atoms with E-state index in [2.05, 4.69) is 6.92 Å². The van der Waals surface area contributed by atoms with Crippen molar-refractivity contribution in [2.24, 2.45) is 5.92 Å². The maximum absolute atomic E-state index is 11.1. The van der Waals surface area contributed by atoms with Gasteiger partial charge in [-0.05, 0) is 25.7 Å². The maximum Gasteiger partial charge on any atom is 0.308 e. The van der Waals surface area contributed by atoms with Crippen molar-refractivity contribution in [3.05, 3.63) is 0 Å². The first-order valence-electron chi connectivity index (χ1n) is 5.92. The molecule has 3 heteroatoms. The van der Waals surface area contributed by atoms with Gasteiger partial charge in [0.05, 0.1) is 12.5 Å². The number of esters is 1. The third kappa shape index (κ3) is 9.73. The molecule has 0 spiro atoms. The number of unbranched alkanes of at least 4 members (excludes halogenated alkanes) is 2. The Morgan fingerprint density at radius 1 is 1.07 bits per heavy atom. The molecule has 0 amide bonds. The summed E-state index contributed by atoms with van der Waals surface area (Å²) >= 11 is 0. The van der Waals surface area contributed by atoms with Gasteiger partial charge >= 0.3 is 5.97 Å². The van der Waals surface area contributed by atoms with Crippen LogP contribution in [0.15, 0.2) is 0 Å². The first-order valence-corrected chi connectivity index (χ1v) is 5.92. The van der Waals surface area contributed by atoms with Crippen molar-refractivity contribution in [2.45, 2.75) is 46.5 Å². The van der Waals surface area contributed by atoms with Crippen LogP contribution in [-0.4, -0.2) is 25.8 Å². The quantitative estimate of drug-likeness (QED) is 0.439. The van der Waals surface area contributed by atoms with Gasteiger partial charge in [0, 0.05) is 13.2 Å². The monoisotopic (exact) mass is 216 g/mol. The van der Waals surface area contributed by atoms with Crippen molar-refractivity contribution < 1.29 is 14.3 Å². The highest BCUT2D eigenvalue weighted by Gasteiger charge is 2.06. The molecule has 0 saturated heterocycles. The van der Waals surface area contributed by atoms with Gasteiger partial charge in [-0.2, -0.15) is 0 Å². The predicted octanol–water partition coefficient (Wildman–Crippen LogP) is 2.78. The van der Waals surface area contributed by atoms with E-state index >= 15 is 0 Å². The van der Waals surface area contributed by atoms with Crippen molar-refractivity contribution in [3.8, 4) is 0 Å². The Hall–Kier alpha value is -0.570. The average molecular weight is 216 g/mol. The van der Waals surface area contributed by atoms with Gasteiger partial charge in [0.2, 0.25) is 0 Å². The second kappa shape index (κ2) is 9.97. The zero-order chi connectivity index (χ0) is 11.5. The van der Waals surface area contributed by atoms with Crippen LogP contribution in [0.4, 0.5) is 0 Å². The molecule has 0 saturated carbocycles. The SMILES string of the molecule is CCCOCCCCCOC(=O)C(C)C. The summed E-state index contributed by atoms with van der Waals surface area (Å²) in [5.74, 6) is -0.116. The Labute approximate surface area is 93.1 Å². The molecule has 15 heavy (non-hydrogen) atoms. The highest BCUT2D eigenvalue weighted by atomic mass is 16.5. The van der Waals surface area contributed by atoms with E-state index in [0.29, 0.717) is 6.61 Å². The molecule has 0 aliphatic rings. The van der Waals surface area contributed by atoms with Crippen molar-refractivity contribution >= 4 is 5.97 Å². The summed E-state index contributed by atoms with van der Waals surface area (Å²) in [5, 5.41) is 0. The third-order valence-corrected chi connectivity index (χ3v) is 2.00. The van der Waals surface area contributed by atoms with Crippen LogP contribution in [0.1, 0.15) is 46.5 Å². The molecule has 0 unspecified atom stereocenters. The van der Waals surface area contributed by atoms with E-state index in [1.54, 1.807) is 0 Å². The summed E-state index contributed by atoms with van der Waals surface area (Å²) in [6.07, 6.45) is 4.13. The van der Waals surface area contributed by atoms with Crippen LogP contribution in [0, 0.1) is 5.92 Å². The first-order chi connectivity index (χ1) is 7.18. The van der Waals surface area contributed by atoms with Crippen molar-refractivity contribution in [1.29, 1.82) is 0 Å². The number of carbonyl (C=O) groups excluding carboxylic acids is 1. The van der Waals surface area contributed by atoms with Gasteiger partial charge < -0.3 is 9.47 Å². The van der Waals surface area contributed by atoms with Crippen molar-refractivity contribution in [2.75, 3.05) is 19.8 Å². The molecule has 0 atom stereocenters. The van der Waals surface area contributed by atoms with Crippen LogP contribution in [0.2, 0.25) is 0 Å². The van der Waals surface area contributed by atoms with Crippen LogP contribution in [-0.2, 0) is 14.3 Å². The van der Waals surface area contributed by atoms with E-state index in [1.807, 2.05) is 13.8 Å². The minimum Gasteiger partial charge on any atom is -0.465 e. The van der Waals surface area contributed by atoms with E-state index in [9.17, 15) is 4.79 Å². The molecule has 3 nitrogen and oxygen atoms in total. The Kier molecular flexibility index (Phi) is 9.59. The topological polar surface area (TPSA) is 35.5 Å². The third-order valence-electron chi connectivity index (χ3n) is 2.00. The van der Waals surface area contributed by atoms with E-state index in [4.69, 9.17) is 9.47 Å². The van der Waals surface area contributed by atoms with Gasteiger partial charge in [0.1, 0.15) is 0 Å². The molecule has 0 aliphatic carbocycles. The highest BCUT2D eigenvalue weighted by molar-refractivity contribution is 5.71.